The number of carbonyl (C=O) groups is 2. The largest absolute Gasteiger partial charge is 0.641 e. The van der Waals surface area contributed by atoms with Gasteiger partial charge in [-0.05, 0) is 57.1 Å². The van der Waals surface area contributed by atoms with E-state index in [-0.39, 0.29) is 57.3 Å². The summed E-state index contributed by atoms with van der Waals surface area (Å²) < 4.78 is 27.2. The van der Waals surface area contributed by atoms with Crippen molar-refractivity contribution >= 4 is 18.2 Å². The second kappa shape index (κ2) is 8.41. The average Bonchev–Trinajstić information content (AvgIpc) is 3.01. The standard InChI is InChI=1S/C23H25FNO6.Y/c1-20-7-5-15(27)11-14(20)3-4-17-16-6-8-22(31-13-26,19(29)30-10-9-25)21(16,2)12-18(28)23(17,20)24;/h5,7,11,16-18,28H,3-4,6,8,10,12H2,1-2H3;/q-1;/t16-,17-,18-,20-,21-,22-,23-;/m0./s1. The van der Waals surface area contributed by atoms with Crippen LogP contribution >= 0.6 is 0 Å². The molecule has 0 aromatic rings. The van der Waals surface area contributed by atoms with Crippen LogP contribution in [0.5, 0.6) is 0 Å². The van der Waals surface area contributed by atoms with E-state index in [1.165, 1.54) is 18.6 Å². The number of hydrogen-bond acceptors (Lipinski definition) is 7. The van der Waals surface area contributed by atoms with Crippen molar-refractivity contribution in [1.29, 1.82) is 5.26 Å². The van der Waals surface area contributed by atoms with Gasteiger partial charge >= 0.3 is 5.97 Å². The molecule has 0 heterocycles. The second-order valence-corrected chi connectivity index (χ2v) is 9.55. The molecule has 0 amide bonds. The molecule has 3 fully saturated rings. The Labute approximate surface area is 211 Å². The predicted octanol–water partition coefficient (Wildman–Crippen LogP) is 2.24. The third-order valence-corrected chi connectivity index (χ3v) is 8.57. The number of nitrogens with zero attached hydrogens (tertiary/aromatic N) is 1. The van der Waals surface area contributed by atoms with Gasteiger partial charge in [-0.15, -0.1) is 0 Å². The summed E-state index contributed by atoms with van der Waals surface area (Å²) in [6, 6.07) is 1.72. The maximum absolute atomic E-state index is 17.0. The van der Waals surface area contributed by atoms with Crippen molar-refractivity contribution in [2.24, 2.45) is 22.7 Å². The minimum absolute atomic E-state index is 0. The molecule has 0 aromatic heterocycles. The van der Waals surface area contributed by atoms with E-state index in [4.69, 9.17) is 14.7 Å². The van der Waals surface area contributed by atoms with Gasteiger partial charge in [-0.2, -0.15) is 5.26 Å². The van der Waals surface area contributed by atoms with E-state index >= 15 is 4.39 Å². The van der Waals surface area contributed by atoms with Crippen LogP contribution in [0.2, 0.25) is 0 Å². The van der Waals surface area contributed by atoms with Crippen LogP contribution in [0.15, 0.2) is 23.8 Å². The molecule has 1 N–H and O–H groups in total. The molecule has 169 valence electrons. The van der Waals surface area contributed by atoms with E-state index < -0.39 is 46.7 Å². The maximum Gasteiger partial charge on any atom is 0.348 e. The number of ether oxygens (including phenoxy) is 2. The van der Waals surface area contributed by atoms with Gasteiger partial charge in [0.05, 0.1) is 6.10 Å². The predicted molar refractivity (Wildman–Crippen MR) is 104 cm³/mol. The first-order valence-corrected chi connectivity index (χ1v) is 10.5. The summed E-state index contributed by atoms with van der Waals surface area (Å²) >= 11 is 0. The zero-order valence-electron chi connectivity index (χ0n) is 18.1. The molecule has 0 spiro atoms. The summed E-state index contributed by atoms with van der Waals surface area (Å²) in [5.41, 5.74) is -5.36. The minimum atomic E-state index is -2.05. The number of rotatable bonds is 4. The third-order valence-electron chi connectivity index (χ3n) is 8.57. The van der Waals surface area contributed by atoms with Gasteiger partial charge in [0.25, 0.3) is 0 Å². The van der Waals surface area contributed by atoms with Crippen LogP contribution in [0.3, 0.4) is 0 Å². The van der Waals surface area contributed by atoms with Gasteiger partial charge < -0.3 is 19.4 Å². The van der Waals surface area contributed by atoms with Crippen LogP contribution in [-0.4, -0.2) is 47.3 Å². The number of carbonyl (C=O) groups excluding carboxylic acids is 3. The van der Waals surface area contributed by atoms with Gasteiger partial charge in [0, 0.05) is 49.5 Å². The smallest absolute Gasteiger partial charge is 0.348 e. The van der Waals surface area contributed by atoms with Crippen molar-refractivity contribution in [3.8, 4) is 6.07 Å². The number of esters is 1. The molecule has 4 aliphatic rings. The van der Waals surface area contributed by atoms with E-state index in [0.717, 1.165) is 0 Å². The van der Waals surface area contributed by atoms with E-state index in [2.05, 4.69) is 0 Å². The summed E-state index contributed by atoms with van der Waals surface area (Å²) in [5, 5.41) is 20.0. The quantitative estimate of drug-likeness (QED) is 0.448. The number of nitriles is 1. The molecular formula is C23H25FNO6Y-. The number of aliphatic hydroxyl groups excluding tert-OH is 1. The minimum Gasteiger partial charge on any atom is -0.641 e. The topological polar surface area (TPSA) is 114 Å². The molecule has 7 nitrogen and oxygen atoms in total. The van der Waals surface area contributed by atoms with Crippen molar-refractivity contribution in [1.82, 2.24) is 0 Å². The van der Waals surface area contributed by atoms with E-state index in [1.54, 1.807) is 26.0 Å². The molecule has 32 heavy (non-hydrogen) atoms. The summed E-state index contributed by atoms with van der Waals surface area (Å²) in [6.45, 7) is 4.27. The monoisotopic (exact) mass is 519 g/mol. The molecule has 1 radical (unpaired) electrons. The Balaban J connectivity index is 0.00000289. The molecule has 0 aromatic carbocycles. The van der Waals surface area contributed by atoms with E-state index in [1.807, 2.05) is 0 Å². The SMILES string of the molecule is C[C@]12C=CC(=O)C=C1CC[C@H]1[C@@H]3CC[C@](O[C-]=O)(C(=O)OCC#N)[C@@]3(C)C[C@H](O)[C@@]12F.[Y]. The first-order valence-electron chi connectivity index (χ1n) is 10.5. The molecule has 9 heteroatoms. The van der Waals surface area contributed by atoms with Crippen LogP contribution in [0, 0.1) is 34.0 Å². The van der Waals surface area contributed by atoms with E-state index in [0.29, 0.717) is 24.8 Å². The van der Waals surface area contributed by atoms with Crippen LogP contribution in [0.25, 0.3) is 0 Å². The fourth-order valence-electron chi connectivity index (χ4n) is 7.03. The molecule has 0 aliphatic heterocycles. The second-order valence-electron chi connectivity index (χ2n) is 9.55. The zero-order chi connectivity index (χ0) is 22.7. The van der Waals surface area contributed by atoms with Gasteiger partial charge in [0.2, 0.25) is 0 Å². The number of hydrogen-bond donors (Lipinski definition) is 1. The van der Waals surface area contributed by atoms with Crippen LogP contribution in [-0.2, 0) is 56.6 Å². The Hall–Kier alpha value is -1.43. The maximum atomic E-state index is 17.0. The number of fused-ring (bicyclic) bond motifs is 5. The summed E-state index contributed by atoms with van der Waals surface area (Å²) in [5.74, 6) is -2.07. The number of ketones is 1. The number of alkyl halides is 1. The normalized spacial score (nSPS) is 44.0. The van der Waals surface area contributed by atoms with Crippen molar-refractivity contribution in [3.05, 3.63) is 23.8 Å². The number of allylic oxidation sites excluding steroid dienone is 4. The Morgan fingerprint density at radius 1 is 1.38 bits per heavy atom. The Kier molecular flexibility index (Phi) is 6.63. The van der Waals surface area contributed by atoms with Gasteiger partial charge in [-0.25, -0.2) is 9.18 Å². The third kappa shape index (κ3) is 3.04. The molecule has 4 rings (SSSR count). The Bertz CT molecular complexity index is 945. The Morgan fingerprint density at radius 2 is 2.09 bits per heavy atom. The zero-order valence-corrected chi connectivity index (χ0v) is 20.9. The van der Waals surface area contributed by atoms with Crippen molar-refractivity contribution in [3.63, 3.8) is 0 Å². The molecule has 4 aliphatic carbocycles. The molecule has 3 saturated carbocycles. The van der Waals surface area contributed by atoms with E-state index in [9.17, 15) is 19.5 Å². The van der Waals surface area contributed by atoms with Crippen LogP contribution in [0.1, 0.15) is 46.0 Å². The average molecular weight is 519 g/mol. The van der Waals surface area contributed by atoms with Crippen molar-refractivity contribution in [2.75, 3.05) is 6.61 Å². The first-order chi connectivity index (χ1) is 14.6. The summed E-state index contributed by atoms with van der Waals surface area (Å²) in [4.78, 5) is 36.1. The van der Waals surface area contributed by atoms with Gasteiger partial charge in [-0.1, -0.05) is 25.0 Å². The van der Waals surface area contributed by atoms with Gasteiger partial charge in [0.1, 0.15) is 6.07 Å². The fraction of sp³-hybridized carbons (Fsp3) is 0.652. The number of aliphatic hydroxyl groups is 1. The molecule has 0 bridgehead atoms. The van der Waals surface area contributed by atoms with Gasteiger partial charge in [0.15, 0.2) is 23.7 Å². The number of halogens is 1. The molecule has 0 unspecified atom stereocenters. The molecule has 0 saturated heterocycles. The van der Waals surface area contributed by atoms with Crippen LogP contribution in [0.4, 0.5) is 4.39 Å². The molecule has 7 atom stereocenters. The van der Waals surface area contributed by atoms with Crippen LogP contribution < -0.4 is 0 Å². The summed E-state index contributed by atoms with van der Waals surface area (Å²) in [6.07, 6.45) is 4.12. The van der Waals surface area contributed by atoms with Gasteiger partial charge in [-0.3, -0.25) is 4.79 Å². The molecular weight excluding hydrogens is 494 g/mol. The van der Waals surface area contributed by atoms with Crippen molar-refractivity contribution in [2.45, 2.75) is 63.3 Å². The fourth-order valence-corrected chi connectivity index (χ4v) is 7.03. The Morgan fingerprint density at radius 3 is 2.75 bits per heavy atom. The first kappa shape index (κ1) is 25.2. The van der Waals surface area contributed by atoms with Crippen molar-refractivity contribution < 1.29 is 66.1 Å². The summed E-state index contributed by atoms with van der Waals surface area (Å²) in [7, 11) is 0.